The van der Waals surface area contributed by atoms with Gasteiger partial charge in [-0.05, 0) is 29.7 Å². The zero-order valence-corrected chi connectivity index (χ0v) is 15.4. The maximum absolute atomic E-state index is 5.45. The number of fused-ring (bicyclic) bond motifs is 1. The van der Waals surface area contributed by atoms with Gasteiger partial charge in [-0.15, -0.1) is 11.3 Å². The summed E-state index contributed by atoms with van der Waals surface area (Å²) in [6, 6.07) is 14.1. The molecule has 6 nitrogen and oxygen atoms in total. The second-order valence-electron chi connectivity index (χ2n) is 5.58. The van der Waals surface area contributed by atoms with Crippen LogP contribution in [0.4, 0.5) is 0 Å². The smallest absolute Gasteiger partial charge is 0.203 e. The first-order valence-electron chi connectivity index (χ1n) is 7.95. The zero-order valence-electron chi connectivity index (χ0n) is 14.6. The molecule has 0 aliphatic heterocycles. The van der Waals surface area contributed by atoms with Gasteiger partial charge in [0.1, 0.15) is 11.4 Å². The molecule has 0 spiro atoms. The molecule has 0 amide bonds. The van der Waals surface area contributed by atoms with Crippen molar-refractivity contribution in [3.63, 3.8) is 0 Å². The molecule has 1 N–H and O–H groups in total. The highest BCUT2D eigenvalue weighted by molar-refractivity contribution is 7.22. The summed E-state index contributed by atoms with van der Waals surface area (Å²) in [5.74, 6) is 1.70. The van der Waals surface area contributed by atoms with Gasteiger partial charge < -0.3 is 14.2 Å². The number of aromatic amines is 1. The molecule has 0 saturated carbocycles. The van der Waals surface area contributed by atoms with Crippen LogP contribution in [0.15, 0.2) is 42.5 Å². The van der Waals surface area contributed by atoms with E-state index in [2.05, 4.69) is 33.6 Å². The van der Waals surface area contributed by atoms with E-state index in [-0.39, 0.29) is 0 Å². The maximum Gasteiger partial charge on any atom is 0.203 e. The molecule has 26 heavy (non-hydrogen) atoms. The van der Waals surface area contributed by atoms with Crippen LogP contribution in [0.2, 0.25) is 0 Å². The molecule has 2 aromatic carbocycles. The van der Waals surface area contributed by atoms with E-state index in [0.717, 1.165) is 21.8 Å². The van der Waals surface area contributed by atoms with Crippen molar-refractivity contribution in [2.24, 2.45) is 0 Å². The lowest BCUT2D eigenvalue weighted by molar-refractivity contribution is 0.324. The van der Waals surface area contributed by atoms with E-state index in [0.29, 0.717) is 17.2 Å². The molecule has 0 aliphatic carbocycles. The number of nitrogens with one attached hydrogen (secondary N) is 1. The second-order valence-corrected chi connectivity index (χ2v) is 6.67. The summed E-state index contributed by atoms with van der Waals surface area (Å²) in [5, 5.41) is 12.7. The van der Waals surface area contributed by atoms with Crippen LogP contribution in [0.5, 0.6) is 17.2 Å². The molecule has 0 unspecified atom stereocenters. The Hall–Kier alpha value is -3.06. The molecule has 0 radical (unpaired) electrons. The van der Waals surface area contributed by atoms with Crippen molar-refractivity contribution in [2.75, 3.05) is 21.3 Å². The standard InChI is InChI=1S/C19H17N3O3S/c1-23-13-8-12(9-14(24-2)19(13)25-3)17-18(21-22-20-17)16-10-11-6-4-5-7-15(11)26-16/h4-10H,1-3H3,(H,20,21,22). The van der Waals surface area contributed by atoms with Crippen molar-refractivity contribution >= 4 is 21.4 Å². The van der Waals surface area contributed by atoms with Crippen LogP contribution in [0.25, 0.3) is 31.9 Å². The van der Waals surface area contributed by atoms with E-state index in [4.69, 9.17) is 14.2 Å². The van der Waals surface area contributed by atoms with Crippen molar-refractivity contribution in [1.82, 2.24) is 15.4 Å². The number of aromatic nitrogens is 3. The fraction of sp³-hybridized carbons (Fsp3) is 0.158. The Balaban J connectivity index is 1.87. The van der Waals surface area contributed by atoms with Crippen molar-refractivity contribution in [3.05, 3.63) is 42.5 Å². The summed E-state index contributed by atoms with van der Waals surface area (Å²) < 4.78 is 17.5. The Morgan fingerprint density at radius 2 is 1.54 bits per heavy atom. The van der Waals surface area contributed by atoms with Gasteiger partial charge in [-0.2, -0.15) is 15.4 Å². The van der Waals surface area contributed by atoms with Crippen molar-refractivity contribution in [1.29, 1.82) is 0 Å². The molecule has 0 aliphatic rings. The number of ether oxygens (including phenoxy) is 3. The molecular weight excluding hydrogens is 350 g/mol. The first kappa shape index (κ1) is 16.4. The monoisotopic (exact) mass is 367 g/mol. The predicted octanol–water partition coefficient (Wildman–Crippen LogP) is 4.38. The van der Waals surface area contributed by atoms with Crippen LogP contribution in [0, 0.1) is 0 Å². The minimum Gasteiger partial charge on any atom is -0.493 e. The summed E-state index contributed by atoms with van der Waals surface area (Å²) >= 11 is 1.68. The summed E-state index contributed by atoms with van der Waals surface area (Å²) in [6.07, 6.45) is 0. The Morgan fingerprint density at radius 3 is 2.19 bits per heavy atom. The Labute approximate surface area is 154 Å². The number of methoxy groups -OCH3 is 3. The molecule has 2 heterocycles. The Kier molecular flexibility index (Phi) is 4.22. The number of hydrogen-bond donors (Lipinski definition) is 1. The lowest BCUT2D eigenvalue weighted by Gasteiger charge is -2.13. The molecule has 0 bridgehead atoms. The van der Waals surface area contributed by atoms with Crippen molar-refractivity contribution < 1.29 is 14.2 Å². The minimum atomic E-state index is 0.547. The molecular formula is C19H17N3O3S. The molecule has 0 fully saturated rings. The Bertz CT molecular complexity index is 1010. The number of H-pyrrole nitrogens is 1. The predicted molar refractivity (Wildman–Crippen MR) is 102 cm³/mol. The molecule has 4 aromatic rings. The number of benzene rings is 2. The molecule has 0 saturated heterocycles. The maximum atomic E-state index is 5.45. The van der Waals surface area contributed by atoms with E-state index in [1.807, 2.05) is 24.3 Å². The van der Waals surface area contributed by atoms with Gasteiger partial charge in [0.25, 0.3) is 0 Å². The molecule has 7 heteroatoms. The van der Waals surface area contributed by atoms with E-state index < -0.39 is 0 Å². The highest BCUT2D eigenvalue weighted by Crippen LogP contribution is 2.43. The van der Waals surface area contributed by atoms with Gasteiger partial charge in [-0.25, -0.2) is 0 Å². The second kappa shape index (κ2) is 6.68. The summed E-state index contributed by atoms with van der Waals surface area (Å²) in [4.78, 5) is 1.05. The highest BCUT2D eigenvalue weighted by Gasteiger charge is 2.20. The first-order chi connectivity index (χ1) is 12.7. The lowest BCUT2D eigenvalue weighted by atomic mass is 10.1. The summed E-state index contributed by atoms with van der Waals surface area (Å²) in [7, 11) is 4.77. The molecule has 2 aromatic heterocycles. The average Bonchev–Trinajstić information content (AvgIpc) is 3.33. The fourth-order valence-electron chi connectivity index (χ4n) is 2.92. The number of hydrogen-bond acceptors (Lipinski definition) is 6. The van der Waals surface area contributed by atoms with Gasteiger partial charge in [0, 0.05) is 10.3 Å². The number of thiophene rings is 1. The van der Waals surface area contributed by atoms with E-state index >= 15 is 0 Å². The minimum absolute atomic E-state index is 0.547. The lowest BCUT2D eigenvalue weighted by Crippen LogP contribution is -1.96. The van der Waals surface area contributed by atoms with Gasteiger partial charge in [0.2, 0.25) is 5.75 Å². The van der Waals surface area contributed by atoms with E-state index in [1.165, 1.54) is 10.1 Å². The van der Waals surface area contributed by atoms with Crippen LogP contribution < -0.4 is 14.2 Å². The first-order valence-corrected chi connectivity index (χ1v) is 8.77. The summed E-state index contributed by atoms with van der Waals surface area (Å²) in [5.41, 5.74) is 2.36. The number of rotatable bonds is 5. The van der Waals surface area contributed by atoms with E-state index in [1.54, 1.807) is 32.7 Å². The third kappa shape index (κ3) is 2.66. The van der Waals surface area contributed by atoms with Gasteiger partial charge in [-0.1, -0.05) is 18.2 Å². The molecule has 0 atom stereocenters. The quantitative estimate of drug-likeness (QED) is 0.567. The van der Waals surface area contributed by atoms with Gasteiger partial charge in [-0.3, -0.25) is 0 Å². The van der Waals surface area contributed by atoms with Gasteiger partial charge in [0.05, 0.1) is 26.2 Å². The average molecular weight is 367 g/mol. The van der Waals surface area contributed by atoms with Crippen LogP contribution in [-0.2, 0) is 0 Å². The highest BCUT2D eigenvalue weighted by atomic mass is 32.1. The topological polar surface area (TPSA) is 69.3 Å². The van der Waals surface area contributed by atoms with Crippen LogP contribution in [0.1, 0.15) is 0 Å². The van der Waals surface area contributed by atoms with Crippen molar-refractivity contribution in [2.45, 2.75) is 0 Å². The van der Waals surface area contributed by atoms with E-state index in [9.17, 15) is 0 Å². The Morgan fingerprint density at radius 1 is 0.846 bits per heavy atom. The van der Waals surface area contributed by atoms with Gasteiger partial charge >= 0.3 is 0 Å². The third-order valence-electron chi connectivity index (χ3n) is 4.14. The molecule has 4 rings (SSSR count). The van der Waals surface area contributed by atoms with Crippen LogP contribution in [0.3, 0.4) is 0 Å². The largest absolute Gasteiger partial charge is 0.493 e. The van der Waals surface area contributed by atoms with Crippen LogP contribution in [-0.4, -0.2) is 36.7 Å². The SMILES string of the molecule is COc1cc(-c2n[nH]nc2-c2cc3ccccc3s2)cc(OC)c1OC. The fourth-order valence-corrected chi connectivity index (χ4v) is 3.97. The van der Waals surface area contributed by atoms with Gasteiger partial charge in [0.15, 0.2) is 11.5 Å². The summed E-state index contributed by atoms with van der Waals surface area (Å²) in [6.45, 7) is 0. The molecule has 132 valence electrons. The number of nitrogens with zero attached hydrogens (tertiary/aromatic N) is 2. The van der Waals surface area contributed by atoms with Crippen LogP contribution >= 0.6 is 11.3 Å². The zero-order chi connectivity index (χ0) is 18.1. The normalized spacial score (nSPS) is 10.9. The third-order valence-corrected chi connectivity index (χ3v) is 5.27. The van der Waals surface area contributed by atoms with Crippen molar-refractivity contribution in [3.8, 4) is 39.1 Å².